The summed E-state index contributed by atoms with van der Waals surface area (Å²) in [5.41, 5.74) is 2.49. The van der Waals surface area contributed by atoms with E-state index in [-0.39, 0.29) is 24.0 Å². The van der Waals surface area contributed by atoms with E-state index < -0.39 is 5.60 Å². The van der Waals surface area contributed by atoms with Crippen LogP contribution < -0.4 is 14.8 Å². The predicted octanol–water partition coefficient (Wildman–Crippen LogP) is 6.63. The SMILES string of the molecule is CCCCCC(CC(=O)Nc1cc(C(C)(C)O)ccc1C(C)(C)C)c1cccc2c1OCO2. The van der Waals surface area contributed by atoms with E-state index in [0.717, 1.165) is 59.6 Å². The smallest absolute Gasteiger partial charge is 0.231 e. The molecule has 2 N–H and O–H groups in total. The molecular formula is C28H39NO4. The highest BCUT2D eigenvalue weighted by Crippen LogP contribution is 2.42. The molecule has 33 heavy (non-hydrogen) atoms. The van der Waals surface area contributed by atoms with Crippen molar-refractivity contribution in [3.63, 3.8) is 0 Å². The number of ether oxygens (including phenoxy) is 2. The van der Waals surface area contributed by atoms with E-state index in [4.69, 9.17) is 9.47 Å². The fourth-order valence-electron chi connectivity index (χ4n) is 4.39. The predicted molar refractivity (Wildman–Crippen MR) is 133 cm³/mol. The molecule has 1 unspecified atom stereocenters. The molecule has 5 nitrogen and oxygen atoms in total. The van der Waals surface area contributed by atoms with Gasteiger partial charge < -0.3 is 19.9 Å². The van der Waals surface area contributed by atoms with Gasteiger partial charge in [0, 0.05) is 17.7 Å². The van der Waals surface area contributed by atoms with Crippen molar-refractivity contribution in [2.75, 3.05) is 12.1 Å². The second-order valence-corrected chi connectivity index (χ2v) is 10.6. The highest BCUT2D eigenvalue weighted by atomic mass is 16.7. The number of hydrogen-bond acceptors (Lipinski definition) is 4. The minimum absolute atomic E-state index is 0.0357. The second kappa shape index (κ2) is 10.2. The number of para-hydroxylation sites is 1. The van der Waals surface area contributed by atoms with Crippen LogP contribution in [-0.4, -0.2) is 17.8 Å². The standard InChI is InChI=1S/C28H39NO4/c1-7-8-9-11-19(21-12-10-13-24-26(21)33-18-32-24)16-25(30)29-23-17-20(28(5,6)31)14-15-22(23)27(2,3)4/h10,12-15,17,19,31H,7-9,11,16,18H2,1-6H3,(H,29,30). The Kier molecular flexibility index (Phi) is 7.73. The molecule has 180 valence electrons. The summed E-state index contributed by atoms with van der Waals surface area (Å²) in [6, 6.07) is 11.8. The molecule has 0 bridgehead atoms. The fraction of sp³-hybridized carbons (Fsp3) is 0.536. The number of fused-ring (bicyclic) bond motifs is 1. The molecule has 1 aliphatic heterocycles. The van der Waals surface area contributed by atoms with Gasteiger partial charge in [-0.15, -0.1) is 0 Å². The van der Waals surface area contributed by atoms with E-state index in [1.165, 1.54) is 0 Å². The molecule has 1 aliphatic rings. The molecule has 2 aromatic carbocycles. The van der Waals surface area contributed by atoms with Crippen LogP contribution in [0.15, 0.2) is 36.4 Å². The summed E-state index contributed by atoms with van der Waals surface area (Å²) in [7, 11) is 0. The Balaban J connectivity index is 1.87. The molecule has 1 amide bonds. The van der Waals surface area contributed by atoms with Crippen LogP contribution in [0, 0.1) is 0 Å². The van der Waals surface area contributed by atoms with Gasteiger partial charge in [0.05, 0.1) is 5.60 Å². The maximum atomic E-state index is 13.3. The molecule has 0 aromatic heterocycles. The number of hydrogen-bond donors (Lipinski definition) is 2. The largest absolute Gasteiger partial charge is 0.454 e. The van der Waals surface area contributed by atoms with Crippen LogP contribution in [0.3, 0.4) is 0 Å². The number of carbonyl (C=O) groups excluding carboxylic acids is 1. The summed E-state index contributed by atoms with van der Waals surface area (Å²) in [6.07, 6.45) is 4.59. The number of carbonyl (C=O) groups is 1. The van der Waals surface area contributed by atoms with Crippen LogP contribution in [0.4, 0.5) is 5.69 Å². The molecular weight excluding hydrogens is 414 g/mol. The van der Waals surface area contributed by atoms with Crippen molar-refractivity contribution in [1.82, 2.24) is 0 Å². The molecule has 0 radical (unpaired) electrons. The maximum absolute atomic E-state index is 13.3. The number of unbranched alkanes of at least 4 members (excludes halogenated alkanes) is 2. The Morgan fingerprint density at radius 1 is 1.09 bits per heavy atom. The van der Waals surface area contributed by atoms with E-state index in [1.54, 1.807) is 13.8 Å². The van der Waals surface area contributed by atoms with Crippen LogP contribution in [0.1, 0.15) is 96.3 Å². The molecule has 0 spiro atoms. The fourth-order valence-corrected chi connectivity index (χ4v) is 4.39. The van der Waals surface area contributed by atoms with Gasteiger partial charge in [-0.3, -0.25) is 4.79 Å². The molecule has 0 fully saturated rings. The topological polar surface area (TPSA) is 67.8 Å². The number of nitrogens with one attached hydrogen (secondary N) is 1. The third kappa shape index (κ3) is 6.29. The highest BCUT2D eigenvalue weighted by Gasteiger charge is 2.27. The van der Waals surface area contributed by atoms with Gasteiger partial charge in [0.25, 0.3) is 0 Å². The molecule has 0 saturated carbocycles. The zero-order valence-corrected chi connectivity index (χ0v) is 21.0. The van der Waals surface area contributed by atoms with Crippen LogP contribution in [-0.2, 0) is 15.8 Å². The van der Waals surface area contributed by atoms with Gasteiger partial charge in [-0.25, -0.2) is 0 Å². The summed E-state index contributed by atoms with van der Waals surface area (Å²) in [4.78, 5) is 13.3. The zero-order chi connectivity index (χ0) is 24.2. The second-order valence-electron chi connectivity index (χ2n) is 10.6. The summed E-state index contributed by atoms with van der Waals surface area (Å²) in [5, 5.41) is 13.7. The Labute approximate surface area is 198 Å². The van der Waals surface area contributed by atoms with Crippen molar-refractivity contribution in [2.24, 2.45) is 0 Å². The first-order valence-electron chi connectivity index (χ1n) is 12.1. The van der Waals surface area contributed by atoms with Crippen LogP contribution in [0.25, 0.3) is 0 Å². The number of aliphatic hydroxyl groups is 1. The molecule has 3 rings (SSSR count). The normalized spacial score (nSPS) is 14.3. The first-order chi connectivity index (χ1) is 15.5. The number of benzene rings is 2. The number of anilines is 1. The van der Waals surface area contributed by atoms with Crippen molar-refractivity contribution in [3.05, 3.63) is 53.1 Å². The summed E-state index contributed by atoms with van der Waals surface area (Å²) in [6.45, 7) is 12.3. The van der Waals surface area contributed by atoms with Gasteiger partial charge in [0.1, 0.15) is 0 Å². The van der Waals surface area contributed by atoms with Crippen LogP contribution >= 0.6 is 0 Å². The minimum Gasteiger partial charge on any atom is -0.454 e. The van der Waals surface area contributed by atoms with Crippen LogP contribution in [0.5, 0.6) is 11.5 Å². The van der Waals surface area contributed by atoms with Gasteiger partial charge in [-0.1, -0.05) is 71.2 Å². The molecule has 1 atom stereocenters. The average molecular weight is 454 g/mol. The molecule has 1 heterocycles. The first kappa shape index (κ1) is 25.1. The molecule has 0 aliphatic carbocycles. The Hall–Kier alpha value is -2.53. The van der Waals surface area contributed by atoms with Crippen LogP contribution in [0.2, 0.25) is 0 Å². The Bertz CT molecular complexity index is 969. The first-order valence-corrected chi connectivity index (χ1v) is 12.1. The van der Waals surface area contributed by atoms with Crippen molar-refractivity contribution >= 4 is 11.6 Å². The van der Waals surface area contributed by atoms with Gasteiger partial charge in [-0.2, -0.15) is 0 Å². The van der Waals surface area contributed by atoms with E-state index in [2.05, 4.69) is 33.0 Å². The lowest BCUT2D eigenvalue weighted by atomic mass is 9.83. The van der Waals surface area contributed by atoms with Gasteiger partial charge in [0.2, 0.25) is 12.7 Å². The van der Waals surface area contributed by atoms with Crippen molar-refractivity contribution in [1.29, 1.82) is 0 Å². The minimum atomic E-state index is -0.986. The number of amides is 1. The van der Waals surface area contributed by atoms with E-state index in [9.17, 15) is 9.90 Å². The lowest BCUT2D eigenvalue weighted by molar-refractivity contribution is -0.116. The van der Waals surface area contributed by atoms with E-state index >= 15 is 0 Å². The van der Waals surface area contributed by atoms with Crippen molar-refractivity contribution < 1.29 is 19.4 Å². The Morgan fingerprint density at radius 3 is 2.52 bits per heavy atom. The molecule has 0 saturated heterocycles. The third-order valence-corrected chi connectivity index (χ3v) is 6.26. The molecule has 5 heteroatoms. The van der Waals surface area contributed by atoms with Gasteiger partial charge in [0.15, 0.2) is 11.5 Å². The van der Waals surface area contributed by atoms with Gasteiger partial charge >= 0.3 is 0 Å². The summed E-state index contributed by atoms with van der Waals surface area (Å²) >= 11 is 0. The molecule has 2 aromatic rings. The zero-order valence-electron chi connectivity index (χ0n) is 21.0. The quantitative estimate of drug-likeness (QED) is 0.418. The monoisotopic (exact) mass is 453 g/mol. The number of rotatable bonds is 9. The highest BCUT2D eigenvalue weighted by molar-refractivity contribution is 5.92. The lowest BCUT2D eigenvalue weighted by Crippen LogP contribution is -2.22. The lowest BCUT2D eigenvalue weighted by Gasteiger charge is -2.27. The summed E-state index contributed by atoms with van der Waals surface area (Å²) in [5.74, 6) is 1.53. The van der Waals surface area contributed by atoms with E-state index in [1.807, 2.05) is 36.4 Å². The van der Waals surface area contributed by atoms with Gasteiger partial charge in [-0.05, 0) is 54.9 Å². The van der Waals surface area contributed by atoms with E-state index in [0.29, 0.717) is 6.42 Å². The third-order valence-electron chi connectivity index (χ3n) is 6.26. The van der Waals surface area contributed by atoms with Crippen molar-refractivity contribution in [3.8, 4) is 11.5 Å². The summed E-state index contributed by atoms with van der Waals surface area (Å²) < 4.78 is 11.3. The maximum Gasteiger partial charge on any atom is 0.231 e. The van der Waals surface area contributed by atoms with Crippen molar-refractivity contribution in [2.45, 2.75) is 90.6 Å². The Morgan fingerprint density at radius 2 is 1.85 bits per heavy atom. The average Bonchev–Trinajstić information content (AvgIpc) is 3.20.